The lowest BCUT2D eigenvalue weighted by Crippen LogP contribution is -2.41. The van der Waals surface area contributed by atoms with E-state index in [1.54, 1.807) is 0 Å². The molecule has 0 radical (unpaired) electrons. The number of carbonyl (C=O) groups excluding carboxylic acids is 2. The summed E-state index contributed by atoms with van der Waals surface area (Å²) in [4.78, 5) is 22.9. The van der Waals surface area contributed by atoms with Crippen LogP contribution in [0.2, 0.25) is 0 Å². The summed E-state index contributed by atoms with van der Waals surface area (Å²) < 4.78 is 0. The lowest BCUT2D eigenvalue weighted by molar-refractivity contribution is -0.129. The molecule has 0 bridgehead atoms. The molecule has 0 saturated heterocycles. The molecule has 1 rings (SSSR count). The van der Waals surface area contributed by atoms with Crippen molar-refractivity contribution in [3.8, 4) is 0 Å². The number of carbonyl (C=O) groups is 2. The summed E-state index contributed by atoms with van der Waals surface area (Å²) in [6.07, 6.45) is 2.84. The largest absolute Gasteiger partial charge is 0.354 e. The van der Waals surface area contributed by atoms with Crippen LogP contribution in [-0.2, 0) is 9.59 Å². The highest BCUT2D eigenvalue weighted by molar-refractivity contribution is 5.82. The molecule has 4 heteroatoms. The van der Waals surface area contributed by atoms with Gasteiger partial charge in [0.25, 0.3) is 0 Å². The van der Waals surface area contributed by atoms with E-state index < -0.39 is 0 Å². The van der Waals surface area contributed by atoms with Gasteiger partial charge in [0.15, 0.2) is 0 Å². The minimum absolute atomic E-state index is 0.0515. The highest BCUT2D eigenvalue weighted by Gasteiger charge is 2.29. The Balaban J connectivity index is 2.10. The predicted molar refractivity (Wildman–Crippen MR) is 62.8 cm³/mol. The van der Waals surface area contributed by atoms with Crippen molar-refractivity contribution in [1.82, 2.24) is 10.6 Å². The Hall–Kier alpha value is -1.06. The molecule has 0 aromatic rings. The summed E-state index contributed by atoms with van der Waals surface area (Å²) in [6, 6.07) is 0. The number of amides is 2. The number of hydrogen-bond acceptors (Lipinski definition) is 2. The Bertz CT molecular complexity index is 270. The summed E-state index contributed by atoms with van der Waals surface area (Å²) in [5.41, 5.74) is -0.319. The zero-order chi connectivity index (χ0) is 12.2. The Kier molecular flexibility index (Phi) is 4.33. The van der Waals surface area contributed by atoms with Gasteiger partial charge in [-0.2, -0.15) is 0 Å². The van der Waals surface area contributed by atoms with Crippen LogP contribution < -0.4 is 10.6 Å². The molecule has 0 aromatic heterocycles. The van der Waals surface area contributed by atoms with Crippen LogP contribution in [0, 0.1) is 11.3 Å². The third-order valence-electron chi connectivity index (χ3n) is 3.16. The minimum atomic E-state index is -0.319. The number of nitrogens with one attached hydrogen (secondary N) is 2. The normalized spacial score (nSPS) is 15.7. The van der Waals surface area contributed by atoms with Crippen LogP contribution in [-0.4, -0.2) is 24.9 Å². The lowest BCUT2D eigenvalue weighted by atomic mass is 9.89. The summed E-state index contributed by atoms with van der Waals surface area (Å²) >= 11 is 0. The molecule has 0 aliphatic heterocycles. The van der Waals surface area contributed by atoms with E-state index in [4.69, 9.17) is 0 Å². The minimum Gasteiger partial charge on any atom is -0.354 e. The van der Waals surface area contributed by atoms with Crippen LogP contribution in [0.25, 0.3) is 0 Å². The van der Waals surface area contributed by atoms with Gasteiger partial charge < -0.3 is 10.6 Å². The van der Waals surface area contributed by atoms with Crippen molar-refractivity contribution in [1.29, 1.82) is 0 Å². The van der Waals surface area contributed by atoms with Crippen molar-refractivity contribution in [3.05, 3.63) is 0 Å². The van der Waals surface area contributed by atoms with Crippen molar-refractivity contribution >= 4 is 11.8 Å². The molecule has 1 fully saturated rings. The molecule has 2 amide bonds. The fraction of sp³-hybridized carbons (Fsp3) is 0.833. The lowest BCUT2D eigenvalue weighted by Gasteiger charge is -2.21. The molecule has 2 N–H and O–H groups in total. The van der Waals surface area contributed by atoms with Crippen molar-refractivity contribution in [2.24, 2.45) is 11.3 Å². The van der Waals surface area contributed by atoms with Gasteiger partial charge in [0.05, 0.1) is 0 Å². The molecule has 0 spiro atoms. The van der Waals surface area contributed by atoms with Gasteiger partial charge in [-0.3, -0.25) is 9.59 Å². The van der Waals surface area contributed by atoms with Gasteiger partial charge in [-0.25, -0.2) is 0 Å². The van der Waals surface area contributed by atoms with Crippen LogP contribution >= 0.6 is 0 Å². The molecule has 1 aliphatic rings. The van der Waals surface area contributed by atoms with Gasteiger partial charge in [-0.1, -0.05) is 20.8 Å². The summed E-state index contributed by atoms with van der Waals surface area (Å²) in [6.45, 7) is 6.88. The third-order valence-corrected chi connectivity index (χ3v) is 3.16. The zero-order valence-electron chi connectivity index (χ0n) is 10.4. The first-order chi connectivity index (χ1) is 7.47. The van der Waals surface area contributed by atoms with Crippen molar-refractivity contribution in [2.45, 2.75) is 40.0 Å². The Morgan fingerprint density at radius 2 is 1.75 bits per heavy atom. The average Bonchev–Trinajstić information content (AvgIpc) is 3.07. The van der Waals surface area contributed by atoms with Crippen LogP contribution in [0.1, 0.15) is 40.0 Å². The van der Waals surface area contributed by atoms with Crippen molar-refractivity contribution < 1.29 is 9.59 Å². The Morgan fingerprint density at radius 1 is 1.19 bits per heavy atom. The smallest absolute Gasteiger partial charge is 0.225 e. The van der Waals surface area contributed by atoms with E-state index in [0.717, 1.165) is 19.3 Å². The Morgan fingerprint density at radius 3 is 2.25 bits per heavy atom. The third kappa shape index (κ3) is 3.83. The van der Waals surface area contributed by atoms with E-state index in [9.17, 15) is 9.59 Å². The van der Waals surface area contributed by atoms with Crippen molar-refractivity contribution in [3.63, 3.8) is 0 Å². The van der Waals surface area contributed by atoms with Gasteiger partial charge in [-0.15, -0.1) is 0 Å². The first kappa shape index (κ1) is 13.0. The van der Waals surface area contributed by atoms with E-state index in [-0.39, 0.29) is 23.1 Å². The molecule has 0 atom stereocenters. The number of hydrogen-bond donors (Lipinski definition) is 2. The molecular formula is C12H22N2O2. The molecule has 92 valence electrons. The van der Waals surface area contributed by atoms with Crippen LogP contribution in [0.4, 0.5) is 0 Å². The highest BCUT2D eigenvalue weighted by atomic mass is 16.2. The zero-order valence-corrected chi connectivity index (χ0v) is 10.4. The second-order valence-electron chi connectivity index (χ2n) is 5.06. The average molecular weight is 226 g/mol. The van der Waals surface area contributed by atoms with E-state index >= 15 is 0 Å². The maximum absolute atomic E-state index is 11.7. The maximum Gasteiger partial charge on any atom is 0.225 e. The summed E-state index contributed by atoms with van der Waals surface area (Å²) in [5.74, 6) is 0.419. The monoisotopic (exact) mass is 226 g/mol. The summed E-state index contributed by atoms with van der Waals surface area (Å²) in [5, 5.41) is 5.65. The first-order valence-electron chi connectivity index (χ1n) is 6.03. The van der Waals surface area contributed by atoms with E-state index in [1.165, 1.54) is 0 Å². The van der Waals surface area contributed by atoms with E-state index in [2.05, 4.69) is 10.6 Å². The molecule has 0 aromatic carbocycles. The van der Waals surface area contributed by atoms with Crippen LogP contribution in [0.5, 0.6) is 0 Å². The highest BCUT2D eigenvalue weighted by Crippen LogP contribution is 2.28. The fourth-order valence-electron chi connectivity index (χ4n) is 1.25. The van der Waals surface area contributed by atoms with E-state index in [1.807, 2.05) is 20.8 Å². The fourth-order valence-corrected chi connectivity index (χ4v) is 1.25. The molecule has 0 heterocycles. The van der Waals surface area contributed by atoms with Gasteiger partial charge in [0.1, 0.15) is 0 Å². The molecule has 0 unspecified atom stereocenters. The molecule has 16 heavy (non-hydrogen) atoms. The molecule has 1 saturated carbocycles. The van der Waals surface area contributed by atoms with E-state index in [0.29, 0.717) is 13.1 Å². The van der Waals surface area contributed by atoms with Crippen LogP contribution in [0.15, 0.2) is 0 Å². The molecule has 4 nitrogen and oxygen atoms in total. The molecular weight excluding hydrogens is 204 g/mol. The van der Waals surface area contributed by atoms with Gasteiger partial charge in [-0.05, 0) is 19.3 Å². The predicted octanol–water partition coefficient (Wildman–Crippen LogP) is 1.06. The molecule has 1 aliphatic carbocycles. The van der Waals surface area contributed by atoms with Gasteiger partial charge in [0.2, 0.25) is 11.8 Å². The maximum atomic E-state index is 11.7. The number of rotatable bonds is 6. The second kappa shape index (κ2) is 5.32. The van der Waals surface area contributed by atoms with Crippen molar-refractivity contribution in [2.75, 3.05) is 13.1 Å². The standard InChI is InChI=1S/C12H22N2O2/c1-4-12(2,3)11(16)14-8-7-13-10(15)9-5-6-9/h9H,4-8H2,1-3H3,(H,13,15)(H,14,16). The SMILES string of the molecule is CCC(C)(C)C(=O)NCCNC(=O)C1CC1. The second-order valence-corrected chi connectivity index (χ2v) is 5.06. The Labute approximate surface area is 97.2 Å². The summed E-state index contributed by atoms with van der Waals surface area (Å²) in [7, 11) is 0. The quantitative estimate of drug-likeness (QED) is 0.665. The van der Waals surface area contributed by atoms with Crippen LogP contribution in [0.3, 0.4) is 0 Å². The van der Waals surface area contributed by atoms with Gasteiger partial charge in [0, 0.05) is 24.4 Å². The van der Waals surface area contributed by atoms with Gasteiger partial charge >= 0.3 is 0 Å². The first-order valence-corrected chi connectivity index (χ1v) is 6.03. The topological polar surface area (TPSA) is 58.2 Å².